The average molecular weight is 282 g/mol. The third-order valence-electron chi connectivity index (χ3n) is 4.66. The Morgan fingerprint density at radius 1 is 1.40 bits per heavy atom. The molecule has 0 spiro atoms. The summed E-state index contributed by atoms with van der Waals surface area (Å²) in [6, 6.07) is 0.508. The van der Waals surface area contributed by atoms with Crippen LogP contribution < -0.4 is 5.32 Å². The Kier molecular flexibility index (Phi) is 4.02. The molecule has 1 N–H and O–H groups in total. The fraction of sp³-hybridized carbons (Fsp3) is 0.933. The van der Waals surface area contributed by atoms with E-state index in [9.17, 15) is 4.79 Å². The molecule has 2 unspecified atom stereocenters. The molecule has 0 aromatic heterocycles. The van der Waals surface area contributed by atoms with Crippen LogP contribution in [0.2, 0.25) is 0 Å². The lowest BCUT2D eigenvalue weighted by atomic mass is 9.91. The second kappa shape index (κ2) is 5.62. The van der Waals surface area contributed by atoms with Gasteiger partial charge in [-0.05, 0) is 38.5 Å². The van der Waals surface area contributed by atoms with Gasteiger partial charge in [-0.3, -0.25) is 10.2 Å². The van der Waals surface area contributed by atoms with Crippen molar-refractivity contribution in [1.82, 2.24) is 10.2 Å². The maximum absolute atomic E-state index is 12.5. The largest absolute Gasteiger partial charge is 0.468 e. The van der Waals surface area contributed by atoms with Gasteiger partial charge in [-0.15, -0.1) is 0 Å². The molecule has 0 radical (unpaired) electrons. The van der Waals surface area contributed by atoms with Crippen molar-refractivity contribution in [3.05, 3.63) is 0 Å². The summed E-state index contributed by atoms with van der Waals surface area (Å²) in [7, 11) is 1.51. The molecular formula is C15H26N2O3. The molecule has 3 rings (SSSR count). The number of nitrogens with zero attached hydrogens (tertiary/aromatic N) is 1. The van der Waals surface area contributed by atoms with Crippen molar-refractivity contribution in [2.75, 3.05) is 33.4 Å². The number of nitrogens with one attached hydrogen (secondary N) is 1. The van der Waals surface area contributed by atoms with E-state index in [2.05, 4.69) is 17.1 Å². The minimum Gasteiger partial charge on any atom is -0.468 e. The smallest absolute Gasteiger partial charge is 0.327 e. The van der Waals surface area contributed by atoms with Crippen molar-refractivity contribution < 1.29 is 14.3 Å². The first-order valence-corrected chi connectivity index (χ1v) is 7.84. The van der Waals surface area contributed by atoms with Crippen LogP contribution in [0, 0.1) is 5.92 Å². The summed E-state index contributed by atoms with van der Waals surface area (Å²) in [5.74, 6) is 0.361. The first kappa shape index (κ1) is 14.3. The average Bonchev–Trinajstić information content (AvgIpc) is 3.28. The lowest BCUT2D eigenvalue weighted by Gasteiger charge is -2.40. The summed E-state index contributed by atoms with van der Waals surface area (Å²) in [5, 5.41) is 3.62. The van der Waals surface area contributed by atoms with Gasteiger partial charge in [0.25, 0.3) is 0 Å². The maximum atomic E-state index is 12.5. The van der Waals surface area contributed by atoms with Crippen LogP contribution in [0.1, 0.15) is 32.6 Å². The molecule has 1 aliphatic heterocycles. The SMILES string of the molecule is COC(=O)C(CN1CCOC(C)C1)(NC1CC1)C1CC1. The highest BCUT2D eigenvalue weighted by molar-refractivity contribution is 5.82. The number of hydrogen-bond donors (Lipinski definition) is 1. The van der Waals surface area contributed by atoms with Gasteiger partial charge in [-0.1, -0.05) is 0 Å². The van der Waals surface area contributed by atoms with Gasteiger partial charge in [0.1, 0.15) is 5.54 Å². The van der Waals surface area contributed by atoms with Gasteiger partial charge < -0.3 is 9.47 Å². The lowest BCUT2D eigenvalue weighted by Crippen LogP contribution is -2.63. The highest BCUT2D eigenvalue weighted by Gasteiger charge is 2.54. The Morgan fingerprint density at radius 2 is 2.15 bits per heavy atom. The normalized spacial score (nSPS) is 30.8. The molecule has 5 nitrogen and oxygen atoms in total. The molecule has 0 amide bonds. The van der Waals surface area contributed by atoms with Gasteiger partial charge in [-0.2, -0.15) is 0 Å². The second-order valence-electron chi connectivity index (χ2n) is 6.57. The fourth-order valence-corrected chi connectivity index (χ4v) is 3.32. The molecule has 3 aliphatic rings. The Balaban J connectivity index is 1.74. The molecule has 114 valence electrons. The number of carbonyl (C=O) groups excluding carboxylic acids is 1. The van der Waals surface area contributed by atoms with Crippen LogP contribution in [-0.4, -0.2) is 61.9 Å². The second-order valence-corrected chi connectivity index (χ2v) is 6.57. The molecule has 5 heteroatoms. The molecule has 2 atom stereocenters. The van der Waals surface area contributed by atoms with Crippen LogP contribution in [0.15, 0.2) is 0 Å². The number of carbonyl (C=O) groups is 1. The topological polar surface area (TPSA) is 50.8 Å². The maximum Gasteiger partial charge on any atom is 0.327 e. The minimum absolute atomic E-state index is 0.0777. The van der Waals surface area contributed by atoms with Crippen molar-refractivity contribution in [1.29, 1.82) is 0 Å². The molecule has 3 fully saturated rings. The van der Waals surface area contributed by atoms with Gasteiger partial charge in [0.05, 0.1) is 19.8 Å². The summed E-state index contributed by atoms with van der Waals surface area (Å²) >= 11 is 0. The Labute approximate surface area is 121 Å². The van der Waals surface area contributed by atoms with Crippen molar-refractivity contribution in [2.45, 2.75) is 50.3 Å². The van der Waals surface area contributed by atoms with Gasteiger partial charge in [0, 0.05) is 25.7 Å². The quantitative estimate of drug-likeness (QED) is 0.730. The van der Waals surface area contributed by atoms with E-state index in [1.54, 1.807) is 0 Å². The monoisotopic (exact) mass is 282 g/mol. The van der Waals surface area contributed by atoms with Gasteiger partial charge >= 0.3 is 5.97 Å². The van der Waals surface area contributed by atoms with E-state index in [0.29, 0.717) is 12.0 Å². The van der Waals surface area contributed by atoms with E-state index >= 15 is 0 Å². The first-order chi connectivity index (χ1) is 9.64. The summed E-state index contributed by atoms with van der Waals surface area (Å²) < 4.78 is 10.8. The zero-order chi connectivity index (χ0) is 14.2. The molecule has 1 saturated heterocycles. The van der Waals surface area contributed by atoms with E-state index in [-0.39, 0.29) is 12.1 Å². The zero-order valence-electron chi connectivity index (χ0n) is 12.6. The van der Waals surface area contributed by atoms with Crippen LogP contribution in [0.4, 0.5) is 0 Å². The number of esters is 1. The molecule has 1 heterocycles. The Hall–Kier alpha value is -0.650. The molecule has 20 heavy (non-hydrogen) atoms. The minimum atomic E-state index is -0.493. The first-order valence-electron chi connectivity index (χ1n) is 7.84. The lowest BCUT2D eigenvalue weighted by molar-refractivity contribution is -0.152. The zero-order valence-corrected chi connectivity index (χ0v) is 12.6. The molecule has 0 aromatic rings. The van der Waals surface area contributed by atoms with E-state index < -0.39 is 5.54 Å². The van der Waals surface area contributed by atoms with Gasteiger partial charge in [0.2, 0.25) is 0 Å². The fourth-order valence-electron chi connectivity index (χ4n) is 3.32. The van der Waals surface area contributed by atoms with Crippen LogP contribution >= 0.6 is 0 Å². The molecule has 0 aromatic carbocycles. The van der Waals surface area contributed by atoms with Crippen molar-refractivity contribution in [3.63, 3.8) is 0 Å². The predicted molar refractivity (Wildman–Crippen MR) is 75.5 cm³/mol. The van der Waals surface area contributed by atoms with Crippen molar-refractivity contribution >= 4 is 5.97 Å². The highest BCUT2D eigenvalue weighted by Crippen LogP contribution is 2.43. The van der Waals surface area contributed by atoms with E-state index in [4.69, 9.17) is 9.47 Å². The van der Waals surface area contributed by atoms with Gasteiger partial charge in [0.15, 0.2) is 0 Å². The summed E-state index contributed by atoms with van der Waals surface area (Å²) in [6.07, 6.45) is 4.89. The third kappa shape index (κ3) is 3.00. The number of rotatable bonds is 6. The molecule has 2 saturated carbocycles. The van der Waals surface area contributed by atoms with Crippen LogP contribution in [-0.2, 0) is 14.3 Å². The summed E-state index contributed by atoms with van der Waals surface area (Å²) in [5.41, 5.74) is -0.493. The Morgan fingerprint density at radius 3 is 2.70 bits per heavy atom. The van der Waals surface area contributed by atoms with E-state index in [0.717, 1.165) is 39.1 Å². The van der Waals surface area contributed by atoms with Crippen LogP contribution in [0.25, 0.3) is 0 Å². The molecule has 0 bridgehead atoms. The summed E-state index contributed by atoms with van der Waals surface area (Å²) in [4.78, 5) is 14.9. The number of methoxy groups -OCH3 is 1. The molecular weight excluding hydrogens is 256 g/mol. The van der Waals surface area contributed by atoms with Crippen LogP contribution in [0.3, 0.4) is 0 Å². The molecule has 2 aliphatic carbocycles. The van der Waals surface area contributed by atoms with E-state index in [1.807, 2.05) is 0 Å². The number of ether oxygens (including phenoxy) is 2. The number of hydrogen-bond acceptors (Lipinski definition) is 5. The van der Waals surface area contributed by atoms with Crippen LogP contribution in [0.5, 0.6) is 0 Å². The standard InChI is InChI=1S/C15H26N2O3/c1-11-9-17(7-8-20-11)10-15(12-3-4-12,14(18)19-2)16-13-5-6-13/h11-13,16H,3-10H2,1-2H3. The number of morpholine rings is 1. The third-order valence-corrected chi connectivity index (χ3v) is 4.66. The summed E-state index contributed by atoms with van der Waals surface area (Å²) in [6.45, 7) is 5.42. The van der Waals surface area contributed by atoms with E-state index in [1.165, 1.54) is 20.0 Å². The van der Waals surface area contributed by atoms with Crippen molar-refractivity contribution in [2.24, 2.45) is 5.92 Å². The predicted octanol–water partition coefficient (Wildman–Crippen LogP) is 0.781. The Bertz CT molecular complexity index is 368. The van der Waals surface area contributed by atoms with Crippen molar-refractivity contribution in [3.8, 4) is 0 Å². The van der Waals surface area contributed by atoms with Gasteiger partial charge in [-0.25, -0.2) is 4.79 Å². The highest BCUT2D eigenvalue weighted by atomic mass is 16.5.